The van der Waals surface area contributed by atoms with Crippen LogP contribution in [0.15, 0.2) is 0 Å². The predicted molar refractivity (Wildman–Crippen MR) is 46.1 cm³/mol. The molecule has 2 atom stereocenters. The molecular weight excluding hydrogens is 140 g/mol. The predicted octanol–water partition coefficient (Wildman–Crippen LogP) is 1.51. The maximum atomic E-state index is 9.78. The summed E-state index contributed by atoms with van der Waals surface area (Å²) in [6.07, 6.45) is 1.86. The summed E-state index contributed by atoms with van der Waals surface area (Å²) >= 11 is 0. The molecule has 1 radical (unpaired) electrons. The summed E-state index contributed by atoms with van der Waals surface area (Å²) in [6.45, 7) is 7.49. The lowest BCUT2D eigenvalue weighted by Crippen LogP contribution is -2.41. The van der Waals surface area contributed by atoms with Crippen LogP contribution < -0.4 is 0 Å². The highest BCUT2D eigenvalue weighted by Gasteiger charge is 2.31. The zero-order valence-corrected chi connectivity index (χ0v) is 7.51. The molecule has 0 aromatic rings. The summed E-state index contributed by atoms with van der Waals surface area (Å²) in [5.74, 6) is 0. The topological polar surface area (TPSA) is 40.5 Å². The molecule has 0 aliphatic carbocycles. The quantitative estimate of drug-likeness (QED) is 0.638. The van der Waals surface area contributed by atoms with E-state index in [1.165, 1.54) is 0 Å². The van der Waals surface area contributed by atoms with Crippen LogP contribution in [0.3, 0.4) is 0 Å². The van der Waals surface area contributed by atoms with Crippen LogP contribution in [0.5, 0.6) is 0 Å². The molecule has 0 fully saturated rings. The van der Waals surface area contributed by atoms with Crippen molar-refractivity contribution in [2.45, 2.75) is 51.2 Å². The first-order valence-corrected chi connectivity index (χ1v) is 4.30. The molecule has 0 bridgehead atoms. The molecule has 11 heavy (non-hydrogen) atoms. The zero-order chi connectivity index (χ0) is 8.91. The van der Waals surface area contributed by atoms with Gasteiger partial charge in [-0.1, -0.05) is 27.2 Å². The van der Waals surface area contributed by atoms with E-state index in [2.05, 4.69) is 6.92 Å². The summed E-state index contributed by atoms with van der Waals surface area (Å²) in [4.78, 5) is 0. The molecule has 0 rings (SSSR count). The van der Waals surface area contributed by atoms with Gasteiger partial charge in [-0.05, 0) is 19.3 Å². The third kappa shape index (κ3) is 2.80. The van der Waals surface area contributed by atoms with Gasteiger partial charge in [0.25, 0.3) is 0 Å². The number of rotatable bonds is 5. The first-order chi connectivity index (χ1) is 5.10. The molecule has 2 unspecified atom stereocenters. The lowest BCUT2D eigenvalue weighted by atomic mass is 9.87. The Balaban J connectivity index is 4.07. The van der Waals surface area contributed by atoms with Crippen LogP contribution in [-0.2, 0) is 0 Å². The van der Waals surface area contributed by atoms with Crippen LogP contribution in [0.4, 0.5) is 0 Å². The van der Waals surface area contributed by atoms with Crippen LogP contribution in [0.1, 0.15) is 39.5 Å². The fourth-order valence-electron chi connectivity index (χ4n) is 1.27. The summed E-state index contributed by atoms with van der Waals surface area (Å²) < 4.78 is 0. The van der Waals surface area contributed by atoms with Gasteiger partial charge in [0.2, 0.25) is 0 Å². The number of hydrogen-bond donors (Lipinski definition) is 2. The van der Waals surface area contributed by atoms with Gasteiger partial charge in [-0.3, -0.25) is 0 Å². The van der Waals surface area contributed by atoms with Crippen molar-refractivity contribution in [3.8, 4) is 0 Å². The van der Waals surface area contributed by atoms with Gasteiger partial charge in [0.05, 0.1) is 11.7 Å². The van der Waals surface area contributed by atoms with E-state index < -0.39 is 11.7 Å². The Kier molecular flexibility index (Phi) is 4.69. The van der Waals surface area contributed by atoms with E-state index in [1.807, 2.05) is 13.8 Å². The maximum Gasteiger partial charge on any atom is 0.0905 e. The van der Waals surface area contributed by atoms with E-state index in [0.717, 1.165) is 6.42 Å². The Bertz CT molecular complexity index is 104. The molecule has 0 aromatic heterocycles. The van der Waals surface area contributed by atoms with E-state index in [0.29, 0.717) is 19.3 Å². The van der Waals surface area contributed by atoms with Gasteiger partial charge in [0.15, 0.2) is 0 Å². The van der Waals surface area contributed by atoms with E-state index in [-0.39, 0.29) is 0 Å². The Morgan fingerprint density at radius 3 is 2.27 bits per heavy atom. The molecule has 0 aromatic carbocycles. The van der Waals surface area contributed by atoms with Gasteiger partial charge in [-0.15, -0.1) is 0 Å². The highest BCUT2D eigenvalue weighted by Crippen LogP contribution is 2.23. The third-order valence-electron chi connectivity index (χ3n) is 2.12. The maximum absolute atomic E-state index is 9.78. The van der Waals surface area contributed by atoms with Gasteiger partial charge in [0, 0.05) is 0 Å². The normalized spacial score (nSPS) is 19.4. The van der Waals surface area contributed by atoms with Crippen LogP contribution in [0.2, 0.25) is 0 Å². The highest BCUT2D eigenvalue weighted by molar-refractivity contribution is 4.85. The molecule has 2 heteroatoms. The third-order valence-corrected chi connectivity index (χ3v) is 2.12. The van der Waals surface area contributed by atoms with E-state index in [1.54, 1.807) is 0 Å². The molecule has 0 aliphatic rings. The van der Waals surface area contributed by atoms with E-state index >= 15 is 0 Å². The van der Waals surface area contributed by atoms with Crippen molar-refractivity contribution >= 4 is 0 Å². The van der Waals surface area contributed by atoms with E-state index in [4.69, 9.17) is 0 Å². The van der Waals surface area contributed by atoms with Crippen molar-refractivity contribution in [3.05, 3.63) is 6.92 Å². The van der Waals surface area contributed by atoms with Crippen molar-refractivity contribution in [1.82, 2.24) is 0 Å². The molecule has 0 amide bonds. The van der Waals surface area contributed by atoms with Crippen LogP contribution >= 0.6 is 0 Å². The lowest BCUT2D eigenvalue weighted by Gasteiger charge is -2.31. The summed E-state index contributed by atoms with van der Waals surface area (Å²) in [5.41, 5.74) is -0.955. The summed E-state index contributed by atoms with van der Waals surface area (Å²) in [7, 11) is 0. The minimum absolute atomic E-state index is 0.385. The van der Waals surface area contributed by atoms with Crippen molar-refractivity contribution in [3.63, 3.8) is 0 Å². The Morgan fingerprint density at radius 1 is 1.45 bits per heavy atom. The van der Waals surface area contributed by atoms with Crippen molar-refractivity contribution in [2.75, 3.05) is 0 Å². The minimum atomic E-state index is -0.955. The second kappa shape index (κ2) is 4.73. The molecule has 0 heterocycles. The molecular formula is C9H19O2. The van der Waals surface area contributed by atoms with Gasteiger partial charge in [0.1, 0.15) is 0 Å². The summed E-state index contributed by atoms with van der Waals surface area (Å²) in [5, 5.41) is 19.2. The van der Waals surface area contributed by atoms with Crippen LogP contribution in [-0.4, -0.2) is 21.9 Å². The molecule has 2 N–H and O–H groups in total. The fourth-order valence-corrected chi connectivity index (χ4v) is 1.27. The Morgan fingerprint density at radius 2 is 2.00 bits per heavy atom. The summed E-state index contributed by atoms with van der Waals surface area (Å²) in [6, 6.07) is 0. The number of hydrogen-bond acceptors (Lipinski definition) is 2. The van der Waals surface area contributed by atoms with E-state index in [9.17, 15) is 10.2 Å². The molecule has 0 saturated heterocycles. The Labute approximate surface area is 69.2 Å². The Hall–Kier alpha value is -0.0800. The average molecular weight is 159 g/mol. The van der Waals surface area contributed by atoms with Crippen LogP contribution in [0.25, 0.3) is 0 Å². The van der Waals surface area contributed by atoms with Crippen molar-refractivity contribution < 1.29 is 10.2 Å². The first-order valence-electron chi connectivity index (χ1n) is 4.30. The second-order valence-corrected chi connectivity index (χ2v) is 3.03. The molecule has 0 spiro atoms. The van der Waals surface area contributed by atoms with Gasteiger partial charge >= 0.3 is 0 Å². The average Bonchev–Trinajstić information content (AvgIpc) is 2.03. The smallest absolute Gasteiger partial charge is 0.0905 e. The number of aliphatic hydroxyl groups excluding tert-OH is 1. The molecule has 0 aliphatic heterocycles. The monoisotopic (exact) mass is 159 g/mol. The molecule has 0 saturated carbocycles. The van der Waals surface area contributed by atoms with Gasteiger partial charge in [-0.2, -0.15) is 0 Å². The minimum Gasteiger partial charge on any atom is -0.390 e. The fraction of sp³-hybridized carbons (Fsp3) is 0.889. The van der Waals surface area contributed by atoms with Crippen LogP contribution in [0, 0.1) is 6.92 Å². The zero-order valence-electron chi connectivity index (χ0n) is 7.51. The standard InChI is InChI=1S/C9H19O2/c1-4-7-9(11,6-3)8(10)5-2/h8,10-11H,3-7H2,1-2H3. The highest BCUT2D eigenvalue weighted by atomic mass is 16.3. The second-order valence-electron chi connectivity index (χ2n) is 3.03. The van der Waals surface area contributed by atoms with Crippen molar-refractivity contribution in [1.29, 1.82) is 0 Å². The number of aliphatic hydroxyl groups is 2. The largest absolute Gasteiger partial charge is 0.390 e. The van der Waals surface area contributed by atoms with Gasteiger partial charge < -0.3 is 10.2 Å². The molecule has 2 nitrogen and oxygen atoms in total. The molecule has 67 valence electrons. The SMILES string of the molecule is [CH2]CC(O)(CCC)C(O)CC. The first kappa shape index (κ1) is 10.9. The lowest BCUT2D eigenvalue weighted by molar-refractivity contribution is -0.0800. The van der Waals surface area contributed by atoms with Crippen molar-refractivity contribution in [2.24, 2.45) is 0 Å². The van der Waals surface area contributed by atoms with Gasteiger partial charge in [-0.25, -0.2) is 0 Å².